The highest BCUT2D eigenvalue weighted by molar-refractivity contribution is 15.0. The summed E-state index contributed by atoms with van der Waals surface area (Å²) in [5.41, 5.74) is -7.26. The van der Waals surface area contributed by atoms with Crippen LogP contribution in [0.25, 0.3) is 0 Å². The standard InChI is InChI=1S/C13H4Cl2F6N4O4.I2/c14-6-1-4(12(16,17)18)3-22-11(6)23-9-7(24(26)27)2-5(13(19,20)21)8(15)10(9)25(28)29;1-2/h1-3H,(H,22,23);. The van der Waals surface area contributed by atoms with Gasteiger partial charge in [-0.05, 0) is 6.07 Å². The van der Waals surface area contributed by atoms with Crippen LogP contribution in [0.2, 0.25) is 10.0 Å². The molecule has 0 saturated carbocycles. The van der Waals surface area contributed by atoms with E-state index in [-0.39, 0.29) is 12.3 Å². The maximum atomic E-state index is 13.0. The Morgan fingerprint density at radius 1 is 0.968 bits per heavy atom. The van der Waals surface area contributed by atoms with Crippen molar-refractivity contribution < 1.29 is 36.2 Å². The van der Waals surface area contributed by atoms with Gasteiger partial charge in [0.05, 0.1) is 26.0 Å². The zero-order valence-corrected chi connectivity index (χ0v) is 19.8. The molecule has 0 amide bonds. The number of nitrogens with zero attached hydrogens (tertiary/aromatic N) is 3. The molecule has 0 unspecified atom stereocenters. The van der Waals surface area contributed by atoms with Gasteiger partial charge in [0.2, 0.25) is 0 Å². The van der Waals surface area contributed by atoms with Crippen molar-refractivity contribution in [2.45, 2.75) is 12.4 Å². The molecular formula is C13H4Cl2F6I2N4O4. The molecule has 2 aromatic rings. The zero-order valence-electron chi connectivity index (χ0n) is 14.0. The summed E-state index contributed by atoms with van der Waals surface area (Å²) in [4.78, 5) is 22.9. The average Bonchev–Trinajstić information content (AvgIpc) is 2.62. The van der Waals surface area contributed by atoms with E-state index in [9.17, 15) is 46.6 Å². The second-order valence-corrected chi connectivity index (χ2v) is 5.96. The van der Waals surface area contributed by atoms with Crippen LogP contribution in [-0.4, -0.2) is 14.8 Å². The van der Waals surface area contributed by atoms with Crippen molar-refractivity contribution in [1.29, 1.82) is 0 Å². The first-order chi connectivity index (χ1) is 14.1. The van der Waals surface area contributed by atoms with E-state index < -0.39 is 66.3 Å². The molecule has 0 radical (unpaired) electrons. The Balaban J connectivity index is 0.00000233. The van der Waals surface area contributed by atoms with Gasteiger partial charge in [-0.1, -0.05) is 23.2 Å². The summed E-state index contributed by atoms with van der Waals surface area (Å²) in [5.74, 6) is -0.721. The second kappa shape index (κ2) is 10.5. The Morgan fingerprint density at radius 3 is 1.90 bits per heavy atom. The van der Waals surface area contributed by atoms with Gasteiger partial charge in [0.25, 0.3) is 0 Å². The van der Waals surface area contributed by atoms with E-state index in [0.29, 0.717) is 6.07 Å². The summed E-state index contributed by atoms with van der Waals surface area (Å²) in [6.07, 6.45) is -9.85. The molecule has 0 bridgehead atoms. The number of nitrogens with one attached hydrogen (secondary N) is 1. The van der Waals surface area contributed by atoms with E-state index in [1.165, 1.54) is 0 Å². The van der Waals surface area contributed by atoms with Crippen LogP contribution < -0.4 is 5.32 Å². The van der Waals surface area contributed by atoms with Crippen LogP contribution in [0.3, 0.4) is 0 Å². The molecular weight excluding hydrogens is 715 g/mol. The average molecular weight is 719 g/mol. The lowest BCUT2D eigenvalue weighted by atomic mass is 10.1. The molecule has 1 heterocycles. The van der Waals surface area contributed by atoms with Gasteiger partial charge in [-0.3, -0.25) is 20.2 Å². The summed E-state index contributed by atoms with van der Waals surface area (Å²) >= 11 is 15.3. The third-order valence-electron chi connectivity index (χ3n) is 3.31. The predicted octanol–water partition coefficient (Wildman–Crippen LogP) is 7.76. The van der Waals surface area contributed by atoms with E-state index in [1.807, 2.05) is 5.32 Å². The SMILES string of the molecule is II.O=[N+]([O-])c1cc(C(F)(F)F)c(Cl)c([N+](=O)[O-])c1Nc1ncc(C(F)(F)F)cc1Cl. The highest BCUT2D eigenvalue weighted by Gasteiger charge is 2.42. The van der Waals surface area contributed by atoms with Crippen LogP contribution in [0.4, 0.5) is 49.2 Å². The first-order valence-corrected chi connectivity index (χ1v) is 14.0. The fourth-order valence-electron chi connectivity index (χ4n) is 2.08. The van der Waals surface area contributed by atoms with Crippen LogP contribution >= 0.6 is 60.4 Å². The normalized spacial score (nSPS) is 11.4. The van der Waals surface area contributed by atoms with Crippen molar-refractivity contribution in [2.24, 2.45) is 0 Å². The molecule has 170 valence electrons. The number of rotatable bonds is 4. The van der Waals surface area contributed by atoms with Crippen molar-refractivity contribution in [3.63, 3.8) is 0 Å². The van der Waals surface area contributed by atoms with Gasteiger partial charge in [0, 0.05) is 49.5 Å². The number of hydrogen-bond acceptors (Lipinski definition) is 6. The Labute approximate surface area is 200 Å². The van der Waals surface area contributed by atoms with Gasteiger partial charge in [-0.15, -0.1) is 0 Å². The maximum absolute atomic E-state index is 13.0. The van der Waals surface area contributed by atoms with Gasteiger partial charge < -0.3 is 5.32 Å². The third kappa shape index (κ3) is 6.54. The van der Waals surface area contributed by atoms with Gasteiger partial charge in [-0.2, -0.15) is 26.3 Å². The summed E-state index contributed by atoms with van der Waals surface area (Å²) in [6, 6.07) is 0.301. The highest BCUT2D eigenvalue weighted by atomic mass is 128. The quantitative estimate of drug-likeness (QED) is 0.150. The smallest absolute Gasteiger partial charge is 0.328 e. The summed E-state index contributed by atoms with van der Waals surface area (Å²) in [7, 11) is 0. The zero-order chi connectivity index (χ0) is 24.3. The lowest BCUT2D eigenvalue weighted by molar-refractivity contribution is -0.392. The first-order valence-electron chi connectivity index (χ1n) is 7.01. The number of nitro groups is 2. The molecule has 0 atom stereocenters. The number of halogens is 10. The lowest BCUT2D eigenvalue weighted by Gasteiger charge is -2.14. The van der Waals surface area contributed by atoms with Crippen LogP contribution in [0.5, 0.6) is 0 Å². The molecule has 0 spiro atoms. The number of benzene rings is 1. The van der Waals surface area contributed by atoms with Gasteiger partial charge in [0.1, 0.15) is 10.8 Å². The van der Waals surface area contributed by atoms with Crippen molar-refractivity contribution in [1.82, 2.24) is 4.98 Å². The van der Waals surface area contributed by atoms with E-state index in [2.05, 4.69) is 42.2 Å². The molecule has 0 aliphatic rings. The monoisotopic (exact) mass is 718 g/mol. The minimum Gasteiger partial charge on any atom is -0.328 e. The Morgan fingerprint density at radius 2 is 1.52 bits per heavy atom. The van der Waals surface area contributed by atoms with Crippen molar-refractivity contribution in [3.05, 3.63) is 59.7 Å². The van der Waals surface area contributed by atoms with E-state index in [0.717, 1.165) is 0 Å². The van der Waals surface area contributed by atoms with Crippen LogP contribution in [0.15, 0.2) is 18.3 Å². The van der Waals surface area contributed by atoms with Gasteiger partial charge in [-0.25, -0.2) is 4.98 Å². The Kier molecular flexibility index (Phi) is 9.33. The third-order valence-corrected chi connectivity index (χ3v) is 3.99. The maximum Gasteiger partial charge on any atom is 0.418 e. The van der Waals surface area contributed by atoms with Gasteiger partial charge >= 0.3 is 23.7 Å². The highest BCUT2D eigenvalue weighted by Crippen LogP contribution is 2.48. The van der Waals surface area contributed by atoms with E-state index in [1.54, 1.807) is 0 Å². The lowest BCUT2D eigenvalue weighted by Crippen LogP contribution is -2.12. The molecule has 8 nitrogen and oxygen atoms in total. The van der Waals surface area contributed by atoms with Crippen LogP contribution in [0, 0.1) is 20.2 Å². The molecule has 1 aromatic heterocycles. The van der Waals surface area contributed by atoms with Crippen LogP contribution in [0.1, 0.15) is 11.1 Å². The minimum absolute atomic E-state index is 0.0599. The van der Waals surface area contributed by atoms with Crippen molar-refractivity contribution in [2.75, 3.05) is 5.32 Å². The minimum atomic E-state index is -5.27. The first kappa shape index (κ1) is 27.6. The summed E-state index contributed by atoms with van der Waals surface area (Å²) in [6.45, 7) is 0. The number of alkyl halides is 6. The second-order valence-electron chi connectivity index (χ2n) is 5.17. The number of hydrogen-bond donors (Lipinski definition) is 1. The predicted molar refractivity (Wildman–Crippen MR) is 115 cm³/mol. The number of anilines is 2. The topological polar surface area (TPSA) is 111 Å². The number of pyridine rings is 1. The fourth-order valence-corrected chi connectivity index (χ4v) is 2.62. The molecule has 0 aliphatic carbocycles. The molecule has 1 N–H and O–H groups in total. The van der Waals surface area contributed by atoms with Gasteiger partial charge in [0.15, 0.2) is 5.69 Å². The number of aromatic nitrogens is 1. The Bertz CT molecular complexity index is 1020. The fraction of sp³-hybridized carbons (Fsp3) is 0.154. The van der Waals surface area contributed by atoms with E-state index >= 15 is 0 Å². The molecule has 31 heavy (non-hydrogen) atoms. The summed E-state index contributed by atoms with van der Waals surface area (Å²) in [5, 5.41) is 22.1. The van der Waals surface area contributed by atoms with Crippen molar-refractivity contribution in [3.8, 4) is 0 Å². The molecule has 0 saturated heterocycles. The Hall–Kier alpha value is -1.41. The van der Waals surface area contributed by atoms with Crippen molar-refractivity contribution >= 4 is 83.3 Å². The number of nitro benzene ring substituents is 2. The molecule has 1 aromatic carbocycles. The molecule has 18 heteroatoms. The molecule has 2 rings (SSSR count). The van der Waals surface area contributed by atoms with Crippen LogP contribution in [-0.2, 0) is 12.4 Å². The van der Waals surface area contributed by atoms with E-state index in [4.69, 9.17) is 23.2 Å². The molecule has 0 aliphatic heterocycles. The molecule has 0 fully saturated rings. The summed E-state index contributed by atoms with van der Waals surface area (Å²) < 4.78 is 77.0. The largest absolute Gasteiger partial charge is 0.418 e.